The van der Waals surface area contributed by atoms with Crippen LogP contribution in [-0.2, 0) is 42.4 Å². The first-order valence-corrected chi connectivity index (χ1v) is 20.4. The number of hydrogen-bond donors (Lipinski definition) is 0. The lowest BCUT2D eigenvalue weighted by molar-refractivity contribution is -0.155. The van der Waals surface area contributed by atoms with E-state index in [1.165, 1.54) is 0 Å². The van der Waals surface area contributed by atoms with Gasteiger partial charge in [-0.25, -0.2) is 0 Å². The van der Waals surface area contributed by atoms with E-state index in [2.05, 4.69) is 6.92 Å². The minimum atomic E-state index is -0.648. The first kappa shape index (κ1) is 40.0. The van der Waals surface area contributed by atoms with Gasteiger partial charge in [-0.05, 0) is 40.8 Å². The molecule has 0 radical (unpaired) electrons. The molecule has 7 nitrogen and oxygen atoms in total. The number of hydrogen-bond acceptors (Lipinski definition) is 7. The molecule has 1 aliphatic rings. The fourth-order valence-corrected chi connectivity index (χ4v) is 7.00. The molecule has 0 fully saturated rings. The standard InChI is InChI=1S/C51H52O7/c1-2-3-4-5-18-27-50(52)57-49-33-44-46(55-36-40-23-14-8-15-24-40)31-43(53-34-38-19-10-6-11-20-38)32-47(44)58-51(49)42-28-29-45(54-35-39-21-12-7-13-22-39)48(30-42)56-37-41-25-16-9-17-26-41/h6-17,19-26,28-32,49,51H,2-5,18,27,33-37H2,1H3. The van der Waals surface area contributed by atoms with Crippen molar-refractivity contribution in [1.82, 2.24) is 0 Å². The normalized spacial score (nSPS) is 14.4. The zero-order valence-electron chi connectivity index (χ0n) is 33.2. The van der Waals surface area contributed by atoms with E-state index in [1.54, 1.807) is 0 Å². The smallest absolute Gasteiger partial charge is 0.306 e. The maximum atomic E-state index is 13.5. The molecule has 0 amide bonds. The highest BCUT2D eigenvalue weighted by Crippen LogP contribution is 2.45. The van der Waals surface area contributed by atoms with Crippen molar-refractivity contribution in [2.75, 3.05) is 0 Å². The average molecular weight is 777 g/mol. The Labute approximate surface area is 342 Å². The van der Waals surface area contributed by atoms with E-state index in [4.69, 9.17) is 28.4 Å². The van der Waals surface area contributed by atoms with E-state index in [0.29, 0.717) is 68.0 Å². The van der Waals surface area contributed by atoms with E-state index >= 15 is 0 Å². The topological polar surface area (TPSA) is 72.5 Å². The van der Waals surface area contributed by atoms with Crippen LogP contribution in [0.1, 0.15) is 84.9 Å². The van der Waals surface area contributed by atoms with Crippen LogP contribution >= 0.6 is 0 Å². The number of fused-ring (bicyclic) bond motifs is 1. The highest BCUT2D eigenvalue weighted by atomic mass is 16.6. The van der Waals surface area contributed by atoms with Crippen LogP contribution in [0.2, 0.25) is 0 Å². The van der Waals surface area contributed by atoms with Gasteiger partial charge in [-0.2, -0.15) is 0 Å². The zero-order chi connectivity index (χ0) is 39.8. The van der Waals surface area contributed by atoms with Crippen LogP contribution in [0.15, 0.2) is 152 Å². The Bertz CT molecular complexity index is 2160. The summed E-state index contributed by atoms with van der Waals surface area (Å²) < 4.78 is 39.0. The monoisotopic (exact) mass is 776 g/mol. The SMILES string of the molecule is CCCCCCCC(=O)OC1Cc2c(OCc3ccccc3)cc(OCc3ccccc3)cc2OC1c1ccc(OCc2ccccc2)c(OCc2ccccc2)c1. The molecule has 58 heavy (non-hydrogen) atoms. The van der Waals surface area contributed by atoms with Gasteiger partial charge in [-0.3, -0.25) is 4.79 Å². The molecule has 6 aromatic rings. The van der Waals surface area contributed by atoms with Gasteiger partial charge in [0, 0.05) is 36.1 Å². The van der Waals surface area contributed by atoms with Gasteiger partial charge in [0.15, 0.2) is 17.6 Å². The van der Waals surface area contributed by atoms with Crippen LogP contribution < -0.4 is 23.7 Å². The molecular weight excluding hydrogens is 725 g/mol. The molecule has 2 atom stereocenters. The lowest BCUT2D eigenvalue weighted by Gasteiger charge is -2.35. The molecule has 0 aromatic heterocycles. The third-order valence-electron chi connectivity index (χ3n) is 10.2. The first-order chi connectivity index (χ1) is 28.6. The van der Waals surface area contributed by atoms with Crippen LogP contribution in [-0.4, -0.2) is 12.1 Å². The summed E-state index contributed by atoms with van der Waals surface area (Å²) in [5.41, 5.74) is 5.77. The van der Waals surface area contributed by atoms with Crippen molar-refractivity contribution >= 4 is 5.97 Å². The Kier molecular flexibility index (Phi) is 14.4. The predicted octanol–water partition coefficient (Wildman–Crippen LogP) is 12.0. The number of carbonyl (C=O) groups is 1. The molecule has 7 rings (SSSR count). The molecule has 298 valence electrons. The van der Waals surface area contributed by atoms with Crippen molar-refractivity contribution in [1.29, 1.82) is 0 Å². The third-order valence-corrected chi connectivity index (χ3v) is 10.2. The van der Waals surface area contributed by atoms with Gasteiger partial charge in [-0.15, -0.1) is 0 Å². The molecule has 0 spiro atoms. The quantitative estimate of drug-likeness (QED) is 0.0565. The van der Waals surface area contributed by atoms with Gasteiger partial charge >= 0.3 is 5.97 Å². The molecule has 1 aliphatic heterocycles. The van der Waals surface area contributed by atoms with E-state index in [1.807, 2.05) is 152 Å². The van der Waals surface area contributed by atoms with E-state index in [0.717, 1.165) is 65.5 Å². The van der Waals surface area contributed by atoms with Crippen molar-refractivity contribution in [2.45, 2.75) is 90.5 Å². The van der Waals surface area contributed by atoms with Crippen molar-refractivity contribution in [3.05, 3.63) is 185 Å². The fraction of sp³-hybridized carbons (Fsp3) is 0.275. The van der Waals surface area contributed by atoms with Crippen molar-refractivity contribution in [3.63, 3.8) is 0 Å². The second-order valence-corrected chi connectivity index (χ2v) is 14.6. The molecular formula is C51H52O7. The number of esters is 1. The molecule has 6 aromatic carbocycles. The lowest BCUT2D eigenvalue weighted by atomic mass is 9.93. The van der Waals surface area contributed by atoms with Crippen molar-refractivity contribution in [3.8, 4) is 28.7 Å². The summed E-state index contributed by atoms with van der Waals surface area (Å²) in [6.45, 7) is 3.65. The van der Waals surface area contributed by atoms with Gasteiger partial charge in [0.2, 0.25) is 0 Å². The first-order valence-electron chi connectivity index (χ1n) is 20.4. The van der Waals surface area contributed by atoms with Crippen molar-refractivity contribution < 1.29 is 33.2 Å². The highest BCUT2D eigenvalue weighted by Gasteiger charge is 2.37. The summed E-state index contributed by atoms with van der Waals surface area (Å²) in [7, 11) is 0. The summed E-state index contributed by atoms with van der Waals surface area (Å²) in [4.78, 5) is 13.5. The molecule has 0 saturated heterocycles. The zero-order valence-corrected chi connectivity index (χ0v) is 33.2. The van der Waals surface area contributed by atoms with Gasteiger partial charge in [-0.1, -0.05) is 160 Å². The second-order valence-electron chi connectivity index (χ2n) is 14.6. The fourth-order valence-electron chi connectivity index (χ4n) is 7.00. The summed E-state index contributed by atoms with van der Waals surface area (Å²) in [5.74, 6) is 2.79. The number of rotatable bonds is 20. The summed E-state index contributed by atoms with van der Waals surface area (Å²) in [6.07, 6.45) is 4.64. The van der Waals surface area contributed by atoms with E-state index < -0.39 is 12.2 Å². The number of carbonyl (C=O) groups excluding carboxylic acids is 1. The molecule has 2 unspecified atom stereocenters. The Morgan fingerprint density at radius 1 is 0.552 bits per heavy atom. The Hall–Kier alpha value is -6.21. The van der Waals surface area contributed by atoms with Crippen molar-refractivity contribution in [2.24, 2.45) is 0 Å². The Morgan fingerprint density at radius 2 is 1.07 bits per heavy atom. The minimum Gasteiger partial charge on any atom is -0.489 e. The van der Waals surface area contributed by atoms with Gasteiger partial charge < -0.3 is 28.4 Å². The largest absolute Gasteiger partial charge is 0.489 e. The van der Waals surface area contributed by atoms with Crippen LogP contribution in [0.25, 0.3) is 0 Å². The van der Waals surface area contributed by atoms with E-state index in [-0.39, 0.29) is 5.97 Å². The highest BCUT2D eigenvalue weighted by molar-refractivity contribution is 5.70. The molecule has 0 aliphatic carbocycles. The second kappa shape index (κ2) is 20.8. The van der Waals surface area contributed by atoms with E-state index in [9.17, 15) is 4.79 Å². The number of unbranched alkanes of at least 4 members (excludes halogenated alkanes) is 4. The molecule has 1 heterocycles. The number of ether oxygens (including phenoxy) is 6. The molecule has 0 bridgehead atoms. The van der Waals surface area contributed by atoms with Crippen LogP contribution in [0.4, 0.5) is 0 Å². The minimum absolute atomic E-state index is 0.239. The summed E-state index contributed by atoms with van der Waals surface area (Å²) in [5, 5.41) is 0. The summed E-state index contributed by atoms with van der Waals surface area (Å²) >= 11 is 0. The van der Waals surface area contributed by atoms with Crippen LogP contribution in [0.5, 0.6) is 28.7 Å². The third kappa shape index (κ3) is 11.4. The molecule has 7 heteroatoms. The van der Waals surface area contributed by atoms with Crippen LogP contribution in [0.3, 0.4) is 0 Å². The average Bonchev–Trinajstić information content (AvgIpc) is 3.27. The molecule has 0 N–H and O–H groups in total. The Balaban J connectivity index is 1.21. The molecule has 0 saturated carbocycles. The lowest BCUT2D eigenvalue weighted by Crippen LogP contribution is -2.35. The van der Waals surface area contributed by atoms with Crippen LogP contribution in [0, 0.1) is 0 Å². The maximum absolute atomic E-state index is 13.5. The number of benzene rings is 6. The Morgan fingerprint density at radius 3 is 1.64 bits per heavy atom. The van der Waals surface area contributed by atoms with Gasteiger partial charge in [0.1, 0.15) is 49.8 Å². The predicted molar refractivity (Wildman–Crippen MR) is 226 cm³/mol. The maximum Gasteiger partial charge on any atom is 0.306 e. The van der Waals surface area contributed by atoms with Gasteiger partial charge in [0.25, 0.3) is 0 Å². The van der Waals surface area contributed by atoms with Gasteiger partial charge in [0.05, 0.1) is 0 Å². The summed E-state index contributed by atoms with van der Waals surface area (Å²) in [6, 6.07) is 49.8.